The molecule has 2 saturated carbocycles. The number of halogens is 1. The number of ether oxygens (including phenoxy) is 1. The van der Waals surface area contributed by atoms with Crippen LogP contribution in [0.4, 0.5) is 20.6 Å². The number of alkyl halides is 1. The Balaban J connectivity index is 1.03. The van der Waals surface area contributed by atoms with Crippen LogP contribution in [0.2, 0.25) is 0 Å². The first-order valence-electron chi connectivity index (χ1n) is 18.5. The maximum atomic E-state index is 15.7. The molecule has 6 nitrogen and oxygen atoms in total. The van der Waals surface area contributed by atoms with E-state index in [1.54, 1.807) is 12.0 Å². The molecule has 3 aromatic carbocycles. The highest BCUT2D eigenvalue weighted by Gasteiger charge is 2.36. The predicted molar refractivity (Wildman–Crippen MR) is 195 cm³/mol. The summed E-state index contributed by atoms with van der Waals surface area (Å²) in [6.07, 6.45) is 10.5. The van der Waals surface area contributed by atoms with Gasteiger partial charge in [0.25, 0.3) is 0 Å². The average Bonchev–Trinajstić information content (AvgIpc) is 3.45. The number of carbonyl (C=O) groups is 2. The molecule has 3 amide bonds. The lowest BCUT2D eigenvalue weighted by Crippen LogP contribution is -2.52. The molecule has 1 saturated heterocycles. The van der Waals surface area contributed by atoms with E-state index in [4.69, 9.17) is 10.5 Å². The maximum Gasteiger partial charge on any atom is 0.331 e. The van der Waals surface area contributed by atoms with Gasteiger partial charge in [-0.3, -0.25) is 14.6 Å². The number of methoxy groups -OCH3 is 1. The molecule has 3 aliphatic rings. The number of rotatable bonds is 9. The number of aryl methyl sites for hydroxylation is 1. The third kappa shape index (κ3) is 8.30. The standard InChI is InChI=1S/C42H54FN3O3/c1-28-24-32(13-21-40(28)45-23-22-41(47)46(42(45)48)27-31-11-19-37(49-3)20-12-31)25-30-6-4-7-33(14-10-30)29(2)35-8-5-9-38(39(43)26-35)34-15-17-36(44)18-16-34/h11-13,15-21,24,29-30,33,35,38-39H,4-10,14,22-23,25-27,44H2,1-3H3. The van der Waals surface area contributed by atoms with Gasteiger partial charge in [0.2, 0.25) is 5.91 Å². The van der Waals surface area contributed by atoms with Crippen molar-refractivity contribution in [3.05, 3.63) is 89.0 Å². The fraction of sp³-hybridized carbons (Fsp3) is 0.524. The van der Waals surface area contributed by atoms with Crippen LogP contribution in [0.15, 0.2) is 66.7 Å². The van der Waals surface area contributed by atoms with Crippen LogP contribution < -0.4 is 15.4 Å². The fourth-order valence-corrected chi connectivity index (χ4v) is 8.93. The van der Waals surface area contributed by atoms with Crippen LogP contribution in [0.1, 0.15) is 99.3 Å². The lowest BCUT2D eigenvalue weighted by Gasteiger charge is -2.35. The first kappa shape index (κ1) is 35.0. The van der Waals surface area contributed by atoms with Gasteiger partial charge in [-0.15, -0.1) is 0 Å². The zero-order valence-corrected chi connectivity index (χ0v) is 29.6. The van der Waals surface area contributed by atoms with E-state index in [1.807, 2.05) is 48.5 Å². The van der Waals surface area contributed by atoms with Gasteiger partial charge < -0.3 is 10.5 Å². The Kier molecular flexibility index (Phi) is 11.3. The number of imide groups is 1. The van der Waals surface area contributed by atoms with E-state index in [0.717, 1.165) is 59.5 Å². The summed E-state index contributed by atoms with van der Waals surface area (Å²) in [5.74, 6) is 2.87. The van der Waals surface area contributed by atoms with Crippen LogP contribution >= 0.6 is 0 Å². The van der Waals surface area contributed by atoms with Crippen molar-refractivity contribution in [1.29, 1.82) is 0 Å². The number of hydrogen-bond acceptors (Lipinski definition) is 4. The number of carbonyl (C=O) groups excluding carboxylic acids is 2. The minimum atomic E-state index is -0.791. The molecule has 0 bridgehead atoms. The smallest absolute Gasteiger partial charge is 0.331 e. The van der Waals surface area contributed by atoms with Gasteiger partial charge in [0, 0.05) is 30.3 Å². The van der Waals surface area contributed by atoms with Crippen molar-refractivity contribution in [2.24, 2.45) is 23.7 Å². The summed E-state index contributed by atoms with van der Waals surface area (Å²) in [6.45, 7) is 5.12. The number of urea groups is 1. The highest BCUT2D eigenvalue weighted by molar-refractivity contribution is 6.05. The summed E-state index contributed by atoms with van der Waals surface area (Å²) < 4.78 is 21.0. The lowest BCUT2D eigenvalue weighted by atomic mass is 9.75. The summed E-state index contributed by atoms with van der Waals surface area (Å²) in [5.41, 5.74) is 11.9. The zero-order valence-electron chi connectivity index (χ0n) is 29.6. The van der Waals surface area contributed by atoms with Crippen LogP contribution in [0.25, 0.3) is 0 Å². The number of anilines is 2. The van der Waals surface area contributed by atoms with Gasteiger partial charge in [-0.2, -0.15) is 0 Å². The normalized spacial score (nSPS) is 25.8. The molecule has 6 atom stereocenters. The Morgan fingerprint density at radius 3 is 2.33 bits per heavy atom. The van der Waals surface area contributed by atoms with Crippen LogP contribution in [0, 0.1) is 30.6 Å². The Bertz CT molecular complexity index is 1570. The molecule has 3 fully saturated rings. The van der Waals surface area contributed by atoms with Crippen molar-refractivity contribution in [2.75, 3.05) is 24.3 Å². The summed E-state index contributed by atoms with van der Waals surface area (Å²) in [6, 6.07) is 21.6. The SMILES string of the molecule is COc1ccc(CN2C(=O)CCN(c3ccc(CC4CCCC(C(C)C5CCCC(c6ccc(N)cc6)C(F)C5)CC4)cc3C)C2=O)cc1. The molecule has 0 aromatic heterocycles. The zero-order chi connectivity index (χ0) is 34.5. The molecule has 2 N–H and O–H groups in total. The third-order valence-corrected chi connectivity index (χ3v) is 11.9. The molecular formula is C42H54FN3O3. The van der Waals surface area contributed by atoms with E-state index in [1.165, 1.54) is 42.6 Å². The van der Waals surface area contributed by atoms with Crippen LogP contribution in [0.3, 0.4) is 0 Å². The number of nitrogens with two attached hydrogens (primary N) is 1. The van der Waals surface area contributed by atoms with E-state index in [9.17, 15) is 9.59 Å². The number of nitrogen functional groups attached to an aromatic ring is 1. The van der Waals surface area contributed by atoms with Gasteiger partial charge >= 0.3 is 6.03 Å². The fourth-order valence-electron chi connectivity index (χ4n) is 8.93. The van der Waals surface area contributed by atoms with E-state index in [-0.39, 0.29) is 24.4 Å². The van der Waals surface area contributed by atoms with E-state index >= 15 is 4.39 Å². The van der Waals surface area contributed by atoms with Crippen molar-refractivity contribution >= 4 is 23.3 Å². The summed E-state index contributed by atoms with van der Waals surface area (Å²) >= 11 is 0. The van der Waals surface area contributed by atoms with Crippen LogP contribution in [-0.4, -0.2) is 36.7 Å². The quantitative estimate of drug-likeness (QED) is 0.182. The molecule has 7 heteroatoms. The Morgan fingerprint density at radius 2 is 1.59 bits per heavy atom. The number of amides is 3. The third-order valence-electron chi connectivity index (χ3n) is 11.9. The van der Waals surface area contributed by atoms with Crippen molar-refractivity contribution in [1.82, 2.24) is 4.90 Å². The molecule has 6 unspecified atom stereocenters. The summed E-state index contributed by atoms with van der Waals surface area (Å²) in [4.78, 5) is 29.5. The number of nitrogens with zero attached hydrogens (tertiary/aromatic N) is 2. The molecule has 0 radical (unpaired) electrons. The second-order valence-corrected chi connectivity index (χ2v) is 15.0. The van der Waals surface area contributed by atoms with Gasteiger partial charge in [0.1, 0.15) is 11.9 Å². The Morgan fingerprint density at radius 1 is 0.878 bits per heavy atom. The van der Waals surface area contributed by atoms with Gasteiger partial charge in [-0.05, 0) is 115 Å². The van der Waals surface area contributed by atoms with Crippen molar-refractivity contribution in [3.8, 4) is 5.75 Å². The van der Waals surface area contributed by atoms with Crippen molar-refractivity contribution < 1.29 is 18.7 Å². The predicted octanol–water partition coefficient (Wildman–Crippen LogP) is 9.63. The first-order chi connectivity index (χ1) is 23.7. The van der Waals surface area contributed by atoms with E-state index in [2.05, 4.69) is 32.0 Å². The minimum Gasteiger partial charge on any atom is -0.497 e. The molecular weight excluding hydrogens is 613 g/mol. The van der Waals surface area contributed by atoms with Gasteiger partial charge in [0.05, 0.1) is 13.7 Å². The molecule has 1 aliphatic heterocycles. The monoisotopic (exact) mass is 667 g/mol. The molecule has 0 spiro atoms. The number of hydrogen-bond donors (Lipinski definition) is 1. The summed E-state index contributed by atoms with van der Waals surface area (Å²) in [5, 5.41) is 0. The van der Waals surface area contributed by atoms with Crippen molar-refractivity contribution in [2.45, 2.75) is 103 Å². The largest absolute Gasteiger partial charge is 0.497 e. The molecule has 2 aliphatic carbocycles. The highest BCUT2D eigenvalue weighted by atomic mass is 19.1. The minimum absolute atomic E-state index is 0.0139. The van der Waals surface area contributed by atoms with E-state index < -0.39 is 6.17 Å². The van der Waals surface area contributed by atoms with Gasteiger partial charge in [-0.25, -0.2) is 9.18 Å². The Labute approximate surface area is 292 Å². The average molecular weight is 668 g/mol. The second kappa shape index (κ2) is 15.8. The second-order valence-electron chi connectivity index (χ2n) is 15.0. The van der Waals surface area contributed by atoms with Gasteiger partial charge in [0.15, 0.2) is 0 Å². The molecule has 6 rings (SSSR count). The first-order valence-corrected chi connectivity index (χ1v) is 18.5. The lowest BCUT2D eigenvalue weighted by molar-refractivity contribution is -0.129. The maximum absolute atomic E-state index is 15.7. The molecule has 3 aromatic rings. The van der Waals surface area contributed by atoms with Crippen LogP contribution in [0.5, 0.6) is 5.75 Å². The van der Waals surface area contributed by atoms with E-state index in [0.29, 0.717) is 43.1 Å². The van der Waals surface area contributed by atoms with Crippen LogP contribution in [-0.2, 0) is 17.8 Å². The van der Waals surface area contributed by atoms with Crippen molar-refractivity contribution in [3.63, 3.8) is 0 Å². The molecule has 49 heavy (non-hydrogen) atoms. The molecule has 1 heterocycles. The Hall–Kier alpha value is -3.87. The highest BCUT2D eigenvalue weighted by Crippen LogP contribution is 2.44. The summed E-state index contributed by atoms with van der Waals surface area (Å²) in [7, 11) is 1.62. The molecule has 262 valence electrons. The van der Waals surface area contributed by atoms with Gasteiger partial charge in [-0.1, -0.05) is 75.4 Å². The number of benzene rings is 3. The topological polar surface area (TPSA) is 75.9 Å².